The number of aliphatic hydroxyl groups is 1. The Morgan fingerprint density at radius 1 is 0.846 bits per heavy atom. The van der Waals surface area contributed by atoms with Gasteiger partial charge in [0.05, 0.1) is 19.3 Å². The molecule has 3 heterocycles. The van der Waals surface area contributed by atoms with Gasteiger partial charge in [0.2, 0.25) is 53.2 Å². The van der Waals surface area contributed by atoms with Crippen LogP contribution < -0.4 is 54.0 Å². The van der Waals surface area contributed by atoms with Gasteiger partial charge in [-0.1, -0.05) is 68.3 Å². The summed E-state index contributed by atoms with van der Waals surface area (Å²) in [6.45, 7) is 1.77. The molecule has 0 saturated carbocycles. The Morgan fingerprint density at radius 3 is 2.27 bits per heavy atom. The summed E-state index contributed by atoms with van der Waals surface area (Å²) in [5.74, 6) is -7.05. The number of amides is 9. The zero-order valence-corrected chi connectivity index (χ0v) is 44.4. The molecule has 3 aromatic rings. The lowest BCUT2D eigenvalue weighted by atomic mass is 10.0. The van der Waals surface area contributed by atoms with Crippen molar-refractivity contribution in [2.45, 2.75) is 139 Å². The van der Waals surface area contributed by atoms with Crippen LogP contribution in [0.2, 0.25) is 0 Å². The topological polar surface area (TPSA) is 383 Å². The van der Waals surface area contributed by atoms with E-state index in [2.05, 4.69) is 47.5 Å². The molecule has 5 rings (SSSR count). The second kappa shape index (κ2) is 31.5. The normalized spacial score (nSPS) is 22.8. The molecule has 15 N–H and O–H groups in total. The van der Waals surface area contributed by atoms with Crippen molar-refractivity contribution in [3.63, 3.8) is 0 Å². The molecule has 1 aromatic heterocycles. The van der Waals surface area contributed by atoms with E-state index in [9.17, 15) is 48.3 Å². The Balaban J connectivity index is 1.50. The van der Waals surface area contributed by atoms with Crippen LogP contribution in [-0.2, 0) is 65.5 Å². The van der Waals surface area contributed by atoms with Crippen LogP contribution in [0.4, 0.5) is 0 Å². The van der Waals surface area contributed by atoms with E-state index in [-0.39, 0.29) is 103 Å². The highest BCUT2D eigenvalue weighted by molar-refractivity contribution is 5.98. The van der Waals surface area contributed by atoms with E-state index in [1.54, 1.807) is 36.5 Å². The summed E-state index contributed by atoms with van der Waals surface area (Å²) < 4.78 is 10.3. The third-order valence-electron chi connectivity index (χ3n) is 13.5. The lowest BCUT2D eigenvalue weighted by molar-refractivity contribution is -0.143. The number of hydrogen-bond acceptors (Lipinski definition) is 13. The second-order valence-corrected chi connectivity index (χ2v) is 19.5. The molecular formula is C53H77N13O12. The molecule has 3 unspecified atom stereocenters. The Morgan fingerprint density at radius 2 is 1.54 bits per heavy atom. The van der Waals surface area contributed by atoms with Gasteiger partial charge in [-0.05, 0) is 62.1 Å². The Bertz CT molecular complexity index is 2530. The maximum Gasteiger partial charge on any atom is 0.246 e. The number of carbonyl (C=O) groups is 9. The minimum absolute atomic E-state index is 0.0545. The fourth-order valence-corrected chi connectivity index (χ4v) is 9.28. The molecule has 0 radical (unpaired) electrons. The smallest absolute Gasteiger partial charge is 0.246 e. The number of aromatic nitrogens is 1. The monoisotopic (exact) mass is 1090 g/mol. The van der Waals surface area contributed by atoms with Gasteiger partial charge >= 0.3 is 0 Å². The number of unbranched alkanes of at least 4 members (excludes halogenated alkanes) is 1. The number of ether oxygens (including phenoxy) is 2. The third-order valence-corrected chi connectivity index (χ3v) is 13.5. The van der Waals surface area contributed by atoms with E-state index in [0.29, 0.717) is 36.8 Å². The van der Waals surface area contributed by atoms with Crippen molar-refractivity contribution < 1.29 is 57.7 Å². The van der Waals surface area contributed by atoms with Crippen molar-refractivity contribution in [2.75, 3.05) is 46.6 Å². The van der Waals surface area contributed by atoms with Gasteiger partial charge in [0.15, 0.2) is 5.96 Å². The van der Waals surface area contributed by atoms with Gasteiger partial charge in [0, 0.05) is 69.5 Å². The molecule has 2 aromatic carbocycles. The summed E-state index contributed by atoms with van der Waals surface area (Å²) in [6, 6.07) is 6.73. The number of aliphatic hydroxyl groups excluding tert-OH is 1. The fraction of sp³-hybridized carbons (Fsp3) is 0.547. The molecule has 2 fully saturated rings. The van der Waals surface area contributed by atoms with Crippen LogP contribution in [0.3, 0.4) is 0 Å². The van der Waals surface area contributed by atoms with Crippen molar-refractivity contribution in [1.82, 2.24) is 52.4 Å². The number of rotatable bonds is 20. The molecule has 2 saturated heterocycles. The predicted octanol–water partition coefficient (Wildman–Crippen LogP) is -1.49. The number of carbonyl (C=O) groups excluding carboxylic acids is 9. The number of benzene rings is 2. The van der Waals surface area contributed by atoms with Gasteiger partial charge in [0.25, 0.3) is 0 Å². The maximum absolute atomic E-state index is 14.8. The molecule has 2 aliphatic heterocycles. The number of para-hydroxylation sites is 1. The molecule has 0 spiro atoms. The predicted molar refractivity (Wildman–Crippen MR) is 287 cm³/mol. The molecule has 2 aliphatic rings. The van der Waals surface area contributed by atoms with Gasteiger partial charge < -0.3 is 78.5 Å². The van der Waals surface area contributed by atoms with Crippen LogP contribution >= 0.6 is 0 Å². The van der Waals surface area contributed by atoms with E-state index in [0.717, 1.165) is 15.8 Å². The van der Waals surface area contributed by atoms with Crippen LogP contribution in [0.15, 0.2) is 60.8 Å². The minimum atomic E-state index is -1.45. The molecular weight excluding hydrogens is 1010 g/mol. The van der Waals surface area contributed by atoms with E-state index in [1.807, 2.05) is 31.2 Å². The molecule has 426 valence electrons. The fourth-order valence-electron chi connectivity index (χ4n) is 9.28. The van der Waals surface area contributed by atoms with Crippen LogP contribution in [0.25, 0.3) is 10.9 Å². The van der Waals surface area contributed by atoms with E-state index >= 15 is 0 Å². The quantitative estimate of drug-likeness (QED) is 0.0348. The van der Waals surface area contributed by atoms with E-state index < -0.39 is 102 Å². The highest BCUT2D eigenvalue weighted by Crippen LogP contribution is 2.23. The van der Waals surface area contributed by atoms with Crippen molar-refractivity contribution >= 4 is 70.0 Å². The number of hydrogen-bond donors (Lipinski definition) is 13. The molecule has 0 bridgehead atoms. The second-order valence-electron chi connectivity index (χ2n) is 19.5. The van der Waals surface area contributed by atoms with E-state index in [1.165, 1.54) is 7.11 Å². The Kier molecular flexibility index (Phi) is 24.8. The first kappa shape index (κ1) is 61.2. The average molecular weight is 1090 g/mol. The summed E-state index contributed by atoms with van der Waals surface area (Å²) >= 11 is 0. The zero-order chi connectivity index (χ0) is 56.6. The summed E-state index contributed by atoms with van der Waals surface area (Å²) in [6.07, 6.45) is 1.64. The first-order valence-corrected chi connectivity index (χ1v) is 26.6. The maximum atomic E-state index is 14.8. The van der Waals surface area contributed by atoms with Gasteiger partial charge in [-0.3, -0.25) is 48.6 Å². The molecule has 8 atom stereocenters. The largest absolute Gasteiger partial charge is 0.391 e. The number of methoxy groups -OCH3 is 1. The van der Waals surface area contributed by atoms with Crippen molar-refractivity contribution in [3.05, 3.63) is 71.9 Å². The Labute approximate surface area is 453 Å². The zero-order valence-electron chi connectivity index (χ0n) is 44.4. The van der Waals surface area contributed by atoms with Gasteiger partial charge in [0.1, 0.15) is 48.9 Å². The van der Waals surface area contributed by atoms with Crippen LogP contribution in [-0.4, -0.2) is 169 Å². The van der Waals surface area contributed by atoms with Crippen molar-refractivity contribution in [3.8, 4) is 0 Å². The first-order chi connectivity index (χ1) is 37.5. The van der Waals surface area contributed by atoms with Crippen LogP contribution in [0.5, 0.6) is 0 Å². The molecule has 25 nitrogen and oxygen atoms in total. The summed E-state index contributed by atoms with van der Waals surface area (Å²) in [5.41, 5.74) is 13.4. The van der Waals surface area contributed by atoms with Gasteiger partial charge in [-0.25, -0.2) is 0 Å². The Hall–Kier alpha value is -7.64. The van der Waals surface area contributed by atoms with Crippen LogP contribution in [0, 0.1) is 5.41 Å². The van der Waals surface area contributed by atoms with Crippen LogP contribution in [0.1, 0.15) is 88.7 Å². The summed E-state index contributed by atoms with van der Waals surface area (Å²) in [7, 11) is 1.48. The molecule has 25 heteroatoms. The lowest BCUT2D eigenvalue weighted by Crippen LogP contribution is -2.60. The highest BCUT2D eigenvalue weighted by Gasteiger charge is 2.43. The van der Waals surface area contributed by atoms with Gasteiger partial charge in [-0.2, -0.15) is 0 Å². The number of nitrogens with zero attached hydrogens (tertiary/aromatic N) is 1. The minimum Gasteiger partial charge on any atom is -0.391 e. The number of H-pyrrole nitrogens is 1. The lowest BCUT2D eigenvalue weighted by Gasteiger charge is -2.31. The molecule has 9 amide bonds. The number of aromatic amines is 1. The number of fused-ring (bicyclic) bond motifs is 2. The van der Waals surface area contributed by atoms with Crippen molar-refractivity contribution in [2.24, 2.45) is 11.5 Å². The number of nitrogens with one attached hydrogen (secondary N) is 10. The average Bonchev–Trinajstić information content (AvgIpc) is 4.04. The van der Waals surface area contributed by atoms with E-state index in [4.69, 9.17) is 26.4 Å². The third kappa shape index (κ3) is 19.4. The summed E-state index contributed by atoms with van der Waals surface area (Å²) in [5, 5.41) is 41.3. The SMILES string of the molecule is CCCCC(NC(=O)COCCOC)C(=O)N[C@H]1CCC(=O)NCCCC[C@@H](C(N)=O)NC(=O)[C@H](Cc2c[nH]c3ccccc23)NC(=O)C(CCCNC(=N)N)NC(=O)[C@@H](Cc2ccccc2)NC(=O)C2C[C@@H](O)CN2C1=O. The molecule has 78 heavy (non-hydrogen) atoms. The number of primary amides is 1. The highest BCUT2D eigenvalue weighted by atomic mass is 16.5. The molecule has 0 aliphatic carbocycles. The summed E-state index contributed by atoms with van der Waals surface area (Å²) in [4.78, 5) is 130. The number of nitrogens with two attached hydrogens (primary N) is 2. The first-order valence-electron chi connectivity index (χ1n) is 26.6. The van der Waals surface area contributed by atoms with Crippen molar-refractivity contribution in [1.29, 1.82) is 5.41 Å². The number of guanidine groups is 1. The standard InChI is InChI=1S/C53H77N13O12/c1-3-4-16-38(60-45(69)31-78-25-24-77-2)47(71)63-40-20-21-44(68)57-22-11-10-18-37(46(54)70)61-50(74)42(27-33-29-59-36-17-9-8-15-35(33)36)64-48(72)39(19-12-23-58-53(55)56)62-49(73)41(26-32-13-6-5-7-14-32)65-51(75)43-28-34(67)30-66(43)52(40)76/h5-9,13-15,17,29,34,37-43,59,67H,3-4,10-12,16,18-28,30-31H2,1-2H3,(H2,54,70)(H,57,68)(H,60,69)(H,61,74)(H,62,73)(H,63,71)(H,64,72)(H,65,75)(H4,55,56,58)/t34-,37+,38?,39?,40+,41-,42+,43?/m1/s1. The van der Waals surface area contributed by atoms with Gasteiger partial charge in [-0.15, -0.1) is 0 Å².